The summed E-state index contributed by atoms with van der Waals surface area (Å²) >= 11 is 0. The van der Waals surface area contributed by atoms with Crippen LogP contribution in [0.1, 0.15) is 25.5 Å². The van der Waals surface area contributed by atoms with Crippen molar-refractivity contribution in [2.24, 2.45) is 5.73 Å². The molecule has 0 heterocycles. The number of hydrogen-bond donors (Lipinski definition) is 1. The topological polar surface area (TPSA) is 38.5 Å². The number of methoxy groups -OCH3 is 1. The predicted octanol–water partition coefficient (Wildman–Crippen LogP) is 2.18. The molecule has 0 fully saturated rings. The van der Waals surface area contributed by atoms with Gasteiger partial charge in [-0.15, -0.1) is 0 Å². The van der Waals surface area contributed by atoms with Crippen molar-refractivity contribution in [2.45, 2.75) is 19.9 Å². The fourth-order valence-electron chi connectivity index (χ4n) is 1.66. The molecule has 0 aromatic heterocycles. The van der Waals surface area contributed by atoms with Gasteiger partial charge in [-0.2, -0.15) is 0 Å². The molecule has 1 unspecified atom stereocenters. The van der Waals surface area contributed by atoms with Gasteiger partial charge in [-0.1, -0.05) is 12.1 Å². The highest BCUT2D eigenvalue weighted by molar-refractivity contribution is 5.47. The number of benzene rings is 1. The van der Waals surface area contributed by atoms with Crippen molar-refractivity contribution in [3.05, 3.63) is 29.8 Å². The zero-order valence-electron chi connectivity index (χ0n) is 10.4. The number of nitrogens with zero attached hydrogens (tertiary/aromatic N) is 1. The summed E-state index contributed by atoms with van der Waals surface area (Å²) in [5.41, 5.74) is 8.22. The first-order valence-corrected chi connectivity index (χ1v) is 5.78. The van der Waals surface area contributed by atoms with E-state index in [0.29, 0.717) is 0 Å². The van der Waals surface area contributed by atoms with Crippen LogP contribution in [0.5, 0.6) is 0 Å². The van der Waals surface area contributed by atoms with Crippen molar-refractivity contribution in [3.63, 3.8) is 0 Å². The molecule has 3 nitrogen and oxygen atoms in total. The smallest absolute Gasteiger partial charge is 0.0637 e. The Hall–Kier alpha value is -1.06. The van der Waals surface area contributed by atoms with E-state index in [4.69, 9.17) is 10.5 Å². The number of rotatable bonds is 6. The van der Waals surface area contributed by atoms with Crippen LogP contribution in [-0.4, -0.2) is 26.8 Å². The van der Waals surface area contributed by atoms with E-state index in [9.17, 15) is 0 Å². The minimum atomic E-state index is 0.100. The van der Waals surface area contributed by atoms with Crippen molar-refractivity contribution in [1.29, 1.82) is 0 Å². The van der Waals surface area contributed by atoms with Crippen LogP contribution in [0.15, 0.2) is 24.3 Å². The molecule has 0 aliphatic heterocycles. The Morgan fingerprint density at radius 1 is 1.31 bits per heavy atom. The minimum Gasteiger partial charge on any atom is -0.383 e. The van der Waals surface area contributed by atoms with Crippen molar-refractivity contribution in [3.8, 4) is 0 Å². The normalized spacial score (nSPS) is 12.5. The molecule has 1 aromatic carbocycles. The van der Waals surface area contributed by atoms with Crippen molar-refractivity contribution >= 4 is 5.69 Å². The highest BCUT2D eigenvalue weighted by atomic mass is 16.5. The molecule has 0 aliphatic carbocycles. The molecule has 0 radical (unpaired) electrons. The predicted molar refractivity (Wildman–Crippen MR) is 68.8 cm³/mol. The van der Waals surface area contributed by atoms with Crippen LogP contribution in [0, 0.1) is 0 Å². The molecule has 1 atom stereocenters. The fraction of sp³-hybridized carbons (Fsp3) is 0.538. The number of hydrogen-bond acceptors (Lipinski definition) is 3. The van der Waals surface area contributed by atoms with Crippen LogP contribution in [0.25, 0.3) is 0 Å². The molecular weight excluding hydrogens is 200 g/mol. The third-order valence-corrected chi connectivity index (χ3v) is 2.73. The number of anilines is 1. The van der Waals surface area contributed by atoms with Gasteiger partial charge in [0.15, 0.2) is 0 Å². The van der Waals surface area contributed by atoms with Gasteiger partial charge in [-0.25, -0.2) is 0 Å². The summed E-state index contributed by atoms with van der Waals surface area (Å²) in [5.74, 6) is 0. The lowest BCUT2D eigenvalue weighted by molar-refractivity contribution is 0.205. The van der Waals surface area contributed by atoms with Crippen LogP contribution in [0.3, 0.4) is 0 Å². The van der Waals surface area contributed by atoms with Gasteiger partial charge >= 0.3 is 0 Å². The van der Waals surface area contributed by atoms with E-state index in [2.05, 4.69) is 36.1 Å². The van der Waals surface area contributed by atoms with E-state index in [1.54, 1.807) is 7.11 Å². The average molecular weight is 222 g/mol. The molecule has 1 rings (SSSR count). The second-order valence-corrected chi connectivity index (χ2v) is 3.95. The third-order valence-electron chi connectivity index (χ3n) is 2.73. The van der Waals surface area contributed by atoms with Crippen molar-refractivity contribution in [2.75, 3.05) is 31.7 Å². The second kappa shape index (κ2) is 6.51. The van der Waals surface area contributed by atoms with E-state index in [-0.39, 0.29) is 6.04 Å². The van der Waals surface area contributed by atoms with Gasteiger partial charge in [0, 0.05) is 31.9 Å². The van der Waals surface area contributed by atoms with Gasteiger partial charge in [0.25, 0.3) is 0 Å². The van der Waals surface area contributed by atoms with E-state index < -0.39 is 0 Å². The van der Waals surface area contributed by atoms with Gasteiger partial charge in [-0.05, 0) is 31.5 Å². The first-order chi connectivity index (χ1) is 7.69. The highest BCUT2D eigenvalue weighted by Gasteiger charge is 2.04. The van der Waals surface area contributed by atoms with Gasteiger partial charge in [0.2, 0.25) is 0 Å². The molecule has 90 valence electrons. The van der Waals surface area contributed by atoms with E-state index in [1.165, 1.54) is 11.3 Å². The molecule has 3 heteroatoms. The van der Waals surface area contributed by atoms with Gasteiger partial charge < -0.3 is 15.4 Å². The van der Waals surface area contributed by atoms with Crippen LogP contribution in [0.4, 0.5) is 5.69 Å². The Bertz CT molecular complexity index is 295. The largest absolute Gasteiger partial charge is 0.383 e. The monoisotopic (exact) mass is 222 g/mol. The molecule has 0 aliphatic rings. The third kappa shape index (κ3) is 3.51. The Morgan fingerprint density at radius 3 is 2.38 bits per heavy atom. The molecule has 0 saturated carbocycles. The number of likely N-dealkylation sites (N-methyl/N-ethyl adjacent to an activating group) is 1. The first-order valence-electron chi connectivity index (χ1n) is 5.78. The Morgan fingerprint density at radius 2 is 1.94 bits per heavy atom. The zero-order valence-corrected chi connectivity index (χ0v) is 10.4. The van der Waals surface area contributed by atoms with E-state index in [1.807, 2.05) is 6.92 Å². The Kier molecular flexibility index (Phi) is 5.29. The average Bonchev–Trinajstić information content (AvgIpc) is 2.30. The molecule has 0 amide bonds. The molecule has 16 heavy (non-hydrogen) atoms. The highest BCUT2D eigenvalue weighted by Crippen LogP contribution is 2.17. The van der Waals surface area contributed by atoms with Crippen molar-refractivity contribution in [1.82, 2.24) is 0 Å². The first kappa shape index (κ1) is 13.0. The van der Waals surface area contributed by atoms with Crippen LogP contribution < -0.4 is 10.6 Å². The maximum atomic E-state index is 5.82. The molecule has 0 bridgehead atoms. The minimum absolute atomic E-state index is 0.100. The lowest BCUT2D eigenvalue weighted by Crippen LogP contribution is -2.26. The molecular formula is C13H22N2O. The SMILES string of the molecule is CCN(CCOC)c1ccc(C(C)N)cc1. The summed E-state index contributed by atoms with van der Waals surface area (Å²) in [6, 6.07) is 8.53. The number of ether oxygens (including phenoxy) is 1. The summed E-state index contributed by atoms with van der Waals surface area (Å²) in [7, 11) is 1.73. The maximum Gasteiger partial charge on any atom is 0.0637 e. The second-order valence-electron chi connectivity index (χ2n) is 3.95. The molecule has 0 spiro atoms. The Balaban J connectivity index is 2.70. The van der Waals surface area contributed by atoms with Crippen LogP contribution in [0.2, 0.25) is 0 Å². The quantitative estimate of drug-likeness (QED) is 0.801. The summed E-state index contributed by atoms with van der Waals surface area (Å²) in [4.78, 5) is 2.29. The fourth-order valence-corrected chi connectivity index (χ4v) is 1.66. The lowest BCUT2D eigenvalue weighted by Gasteiger charge is -2.23. The molecule has 2 N–H and O–H groups in total. The summed E-state index contributed by atoms with van der Waals surface area (Å²) in [5, 5.41) is 0. The lowest BCUT2D eigenvalue weighted by atomic mass is 10.1. The maximum absolute atomic E-state index is 5.82. The summed E-state index contributed by atoms with van der Waals surface area (Å²) in [6.45, 7) is 6.81. The van der Waals surface area contributed by atoms with E-state index >= 15 is 0 Å². The summed E-state index contributed by atoms with van der Waals surface area (Å²) in [6.07, 6.45) is 0. The standard InChI is InChI=1S/C13H22N2O/c1-4-15(9-10-16-3)13-7-5-12(6-8-13)11(2)14/h5-8,11H,4,9-10,14H2,1-3H3. The van der Waals surface area contributed by atoms with E-state index in [0.717, 1.165) is 19.7 Å². The van der Waals surface area contributed by atoms with Crippen LogP contribution >= 0.6 is 0 Å². The molecule has 1 aromatic rings. The van der Waals surface area contributed by atoms with Gasteiger partial charge in [0.05, 0.1) is 6.61 Å². The van der Waals surface area contributed by atoms with Gasteiger partial charge in [0.1, 0.15) is 0 Å². The van der Waals surface area contributed by atoms with Crippen molar-refractivity contribution < 1.29 is 4.74 Å². The number of nitrogens with two attached hydrogens (primary N) is 1. The van der Waals surface area contributed by atoms with Crippen LogP contribution in [-0.2, 0) is 4.74 Å². The van der Waals surface area contributed by atoms with Gasteiger partial charge in [-0.3, -0.25) is 0 Å². The molecule has 0 saturated heterocycles. The Labute approximate surface area is 98.2 Å². The summed E-state index contributed by atoms with van der Waals surface area (Å²) < 4.78 is 5.10. The zero-order chi connectivity index (χ0) is 12.0.